The van der Waals surface area contributed by atoms with E-state index in [1.807, 2.05) is 0 Å². The zero-order valence-electron chi connectivity index (χ0n) is 13.2. The highest BCUT2D eigenvalue weighted by atomic mass is 19.4. The number of alkyl carbamates (subject to hydrolysis) is 1. The molecule has 7 nitrogen and oxygen atoms in total. The van der Waals surface area contributed by atoms with Crippen LogP contribution in [0.1, 0.15) is 41.5 Å². The van der Waals surface area contributed by atoms with Crippen molar-refractivity contribution in [1.82, 2.24) is 10.2 Å². The molecule has 0 aliphatic heterocycles. The van der Waals surface area contributed by atoms with E-state index in [-0.39, 0.29) is 0 Å². The van der Waals surface area contributed by atoms with Crippen LogP contribution in [0, 0.1) is 5.41 Å². The minimum absolute atomic E-state index is 0.928. The first kappa shape index (κ1) is 20.0. The average molecular weight is 327 g/mol. The lowest BCUT2D eigenvalue weighted by Crippen LogP contribution is -2.55. The summed E-state index contributed by atoms with van der Waals surface area (Å²) in [6, 6.07) is 0. The van der Waals surface area contributed by atoms with Crippen molar-refractivity contribution in [2.75, 3.05) is 0 Å². The maximum absolute atomic E-state index is 12.9. The summed E-state index contributed by atoms with van der Waals surface area (Å²) in [5.74, 6) is -1.52. The van der Waals surface area contributed by atoms with Gasteiger partial charge < -0.3 is 9.47 Å². The van der Waals surface area contributed by atoms with Gasteiger partial charge in [-0.1, -0.05) is 0 Å². The van der Waals surface area contributed by atoms with E-state index in [0.717, 1.165) is 0 Å². The predicted molar refractivity (Wildman–Crippen MR) is 71.2 cm³/mol. The highest BCUT2D eigenvalue weighted by molar-refractivity contribution is 6.00. The molecule has 0 atom stereocenters. The van der Waals surface area contributed by atoms with Gasteiger partial charge in [0, 0.05) is 0 Å². The third-order valence-corrected chi connectivity index (χ3v) is 1.67. The topological polar surface area (TPSA) is 91.7 Å². The van der Waals surface area contributed by atoms with Crippen molar-refractivity contribution >= 4 is 18.1 Å². The minimum atomic E-state index is -5.24. The molecular weight excluding hydrogens is 307 g/mol. The Labute approximate surface area is 126 Å². The zero-order chi connectivity index (χ0) is 17.9. The quantitative estimate of drug-likeness (QED) is 0.406. The smallest absolute Gasteiger partial charge is 0.444 e. The zero-order valence-corrected chi connectivity index (χ0v) is 13.2. The van der Waals surface area contributed by atoms with Crippen molar-refractivity contribution in [1.29, 1.82) is 5.41 Å². The van der Waals surface area contributed by atoms with Crippen LogP contribution < -0.4 is 5.32 Å². The molecule has 2 amide bonds. The number of hydrogen-bond acceptors (Lipinski definition) is 5. The van der Waals surface area contributed by atoms with Crippen molar-refractivity contribution in [3.8, 4) is 0 Å². The normalized spacial score (nSPS) is 12.4. The van der Waals surface area contributed by atoms with E-state index in [4.69, 9.17) is 10.1 Å². The molecule has 0 aliphatic rings. The Hall–Kier alpha value is -2.00. The van der Waals surface area contributed by atoms with Crippen LogP contribution in [0.2, 0.25) is 0 Å². The number of carbonyl (C=O) groups excluding carboxylic acids is 2. The monoisotopic (exact) mass is 327 g/mol. The van der Waals surface area contributed by atoms with Crippen LogP contribution in [-0.4, -0.2) is 40.5 Å². The number of nitrogens with zero attached hydrogens (tertiary/aromatic N) is 1. The number of rotatable bonds is 0. The average Bonchev–Trinajstić information content (AvgIpc) is 2.06. The molecule has 0 spiro atoms. The number of halogens is 3. The molecule has 0 aliphatic carbocycles. The Bertz CT molecular complexity index is 450. The molecule has 0 saturated heterocycles. The largest absolute Gasteiger partial charge is 0.496 e. The molecule has 0 aromatic rings. The lowest BCUT2D eigenvalue weighted by molar-refractivity contribution is -0.208. The van der Waals surface area contributed by atoms with Crippen LogP contribution in [0.5, 0.6) is 0 Å². The van der Waals surface area contributed by atoms with E-state index in [1.54, 1.807) is 0 Å². The number of hydrogen-bond donors (Lipinski definition) is 2. The van der Waals surface area contributed by atoms with Crippen molar-refractivity contribution in [3.63, 3.8) is 0 Å². The van der Waals surface area contributed by atoms with Crippen molar-refractivity contribution in [2.45, 2.75) is 59.0 Å². The summed E-state index contributed by atoms with van der Waals surface area (Å²) in [4.78, 5) is 22.0. The molecule has 0 aromatic heterocycles. The highest BCUT2D eigenvalue weighted by Gasteiger charge is 2.47. The molecule has 0 heterocycles. The second-order valence-electron chi connectivity index (χ2n) is 6.26. The maximum Gasteiger partial charge on any atom is 0.496 e. The van der Waals surface area contributed by atoms with Gasteiger partial charge in [0.05, 0.1) is 0 Å². The fourth-order valence-corrected chi connectivity index (χ4v) is 1.09. The number of carbonyl (C=O) groups is 2. The molecule has 0 aromatic carbocycles. The van der Waals surface area contributed by atoms with Gasteiger partial charge in [0.15, 0.2) is 0 Å². The fourth-order valence-electron chi connectivity index (χ4n) is 1.09. The number of alkyl halides is 3. The molecule has 0 unspecified atom stereocenters. The molecule has 0 saturated carbocycles. The lowest BCUT2D eigenvalue weighted by Gasteiger charge is -2.28. The number of guanidine groups is 1. The first-order valence-electron chi connectivity index (χ1n) is 6.21. The lowest BCUT2D eigenvalue weighted by atomic mass is 10.2. The van der Waals surface area contributed by atoms with E-state index in [9.17, 15) is 22.8 Å². The van der Waals surface area contributed by atoms with Crippen molar-refractivity contribution < 1.29 is 32.2 Å². The third kappa shape index (κ3) is 7.70. The summed E-state index contributed by atoms with van der Waals surface area (Å²) in [5.41, 5.74) is -2.17. The molecule has 22 heavy (non-hydrogen) atoms. The van der Waals surface area contributed by atoms with Crippen molar-refractivity contribution in [2.24, 2.45) is 0 Å². The van der Waals surface area contributed by atoms with E-state index in [0.29, 0.717) is 0 Å². The standard InChI is InChI=1S/C12H20F3N3O4/c1-10(2,3)21-8(19)17-7(16)18(12(13,14)15)9(20)22-11(4,5)6/h1-6H3,(H2,16,17,19). The van der Waals surface area contributed by atoms with Crippen LogP contribution in [0.3, 0.4) is 0 Å². The Balaban J connectivity index is 5.11. The van der Waals surface area contributed by atoms with Gasteiger partial charge in [0.1, 0.15) is 11.2 Å². The van der Waals surface area contributed by atoms with Gasteiger partial charge in [-0.2, -0.15) is 4.90 Å². The highest BCUT2D eigenvalue weighted by Crippen LogP contribution is 2.24. The first-order valence-corrected chi connectivity index (χ1v) is 6.21. The van der Waals surface area contributed by atoms with Gasteiger partial charge in [-0.3, -0.25) is 10.7 Å². The first-order chi connectivity index (χ1) is 9.53. The van der Waals surface area contributed by atoms with Gasteiger partial charge in [-0.25, -0.2) is 9.59 Å². The summed E-state index contributed by atoms with van der Waals surface area (Å²) in [5, 5.41) is 8.81. The Kier molecular flexibility index (Phi) is 5.82. The number of amides is 2. The van der Waals surface area contributed by atoms with Crippen LogP contribution >= 0.6 is 0 Å². The molecule has 0 bridgehead atoms. The van der Waals surface area contributed by atoms with Crippen LogP contribution in [0.25, 0.3) is 0 Å². The van der Waals surface area contributed by atoms with E-state index in [2.05, 4.69) is 4.74 Å². The Morgan fingerprint density at radius 1 is 0.955 bits per heavy atom. The predicted octanol–water partition coefficient (Wildman–Crippen LogP) is 3.20. The van der Waals surface area contributed by atoms with Crippen molar-refractivity contribution in [3.05, 3.63) is 0 Å². The second-order valence-corrected chi connectivity index (χ2v) is 6.26. The molecule has 0 rings (SSSR count). The summed E-state index contributed by atoms with van der Waals surface area (Å²) in [6.07, 6.45) is -8.37. The summed E-state index contributed by atoms with van der Waals surface area (Å²) >= 11 is 0. The molecule has 2 N–H and O–H groups in total. The molecule has 0 radical (unpaired) electrons. The maximum atomic E-state index is 12.9. The van der Waals surface area contributed by atoms with E-state index >= 15 is 0 Å². The van der Waals surface area contributed by atoms with Crippen LogP contribution in [0.15, 0.2) is 0 Å². The van der Waals surface area contributed by atoms with Gasteiger partial charge in [0.2, 0.25) is 5.96 Å². The Morgan fingerprint density at radius 2 is 1.36 bits per heavy atom. The fraction of sp³-hybridized carbons (Fsp3) is 0.750. The SMILES string of the molecule is CC(C)(C)OC(=O)NC(=N)N(C(=O)OC(C)(C)C)C(F)(F)F. The molecule has 128 valence electrons. The number of ether oxygens (including phenoxy) is 2. The van der Waals surface area contributed by atoms with Gasteiger partial charge in [-0.15, -0.1) is 13.2 Å². The van der Waals surface area contributed by atoms with Gasteiger partial charge >= 0.3 is 18.5 Å². The minimum Gasteiger partial charge on any atom is -0.444 e. The molecule has 0 fully saturated rings. The van der Waals surface area contributed by atoms with Gasteiger partial charge in [-0.05, 0) is 41.5 Å². The number of nitrogens with one attached hydrogen (secondary N) is 2. The second kappa shape index (κ2) is 6.41. The third-order valence-electron chi connectivity index (χ3n) is 1.67. The van der Waals surface area contributed by atoms with Gasteiger partial charge in [0.25, 0.3) is 0 Å². The Morgan fingerprint density at radius 3 is 1.68 bits per heavy atom. The van der Waals surface area contributed by atoms with E-state index < -0.39 is 40.5 Å². The molecular formula is C12H20F3N3O4. The summed E-state index contributed by atoms with van der Waals surface area (Å²) in [7, 11) is 0. The van der Waals surface area contributed by atoms with Crippen LogP contribution in [-0.2, 0) is 9.47 Å². The summed E-state index contributed by atoms with van der Waals surface area (Å²) < 4.78 is 47.9. The van der Waals surface area contributed by atoms with Crippen LogP contribution in [0.4, 0.5) is 22.8 Å². The molecule has 10 heteroatoms. The van der Waals surface area contributed by atoms with E-state index in [1.165, 1.54) is 46.9 Å². The summed E-state index contributed by atoms with van der Waals surface area (Å²) in [6.45, 7) is 8.57.